The lowest BCUT2D eigenvalue weighted by Crippen LogP contribution is -2.52. The van der Waals surface area contributed by atoms with Gasteiger partial charge in [-0.2, -0.15) is 0 Å². The normalized spacial score (nSPS) is 32.7. The fraction of sp³-hybridized carbons (Fsp3) is 0.941. The van der Waals surface area contributed by atoms with E-state index in [1.807, 2.05) is 0 Å². The molecule has 21 heavy (non-hydrogen) atoms. The van der Waals surface area contributed by atoms with E-state index in [9.17, 15) is 4.79 Å². The van der Waals surface area contributed by atoms with Crippen LogP contribution in [0, 0.1) is 0 Å². The zero-order chi connectivity index (χ0) is 15.5. The summed E-state index contributed by atoms with van der Waals surface area (Å²) in [6.07, 6.45) is 7.22. The molecule has 2 fully saturated rings. The third-order valence-electron chi connectivity index (χ3n) is 5.40. The average molecular weight is 296 g/mol. The first kappa shape index (κ1) is 16.8. The SMILES string of the molecule is CCCC1NC(CC)N(C2CCOC(CC)(CC)C2)C1=O. The van der Waals surface area contributed by atoms with E-state index >= 15 is 0 Å². The molecule has 4 nitrogen and oxygen atoms in total. The summed E-state index contributed by atoms with van der Waals surface area (Å²) in [6.45, 7) is 9.50. The number of hydrogen-bond acceptors (Lipinski definition) is 3. The van der Waals surface area contributed by atoms with Gasteiger partial charge in [0.05, 0.1) is 17.8 Å². The third kappa shape index (κ3) is 3.26. The van der Waals surface area contributed by atoms with Gasteiger partial charge in [-0.05, 0) is 38.5 Å². The second-order valence-corrected chi connectivity index (χ2v) is 6.56. The zero-order valence-corrected chi connectivity index (χ0v) is 14.2. The smallest absolute Gasteiger partial charge is 0.241 e. The van der Waals surface area contributed by atoms with Crippen molar-refractivity contribution in [3.05, 3.63) is 0 Å². The average Bonchev–Trinajstić information content (AvgIpc) is 2.84. The van der Waals surface area contributed by atoms with Crippen LogP contribution in [0.3, 0.4) is 0 Å². The maximum Gasteiger partial charge on any atom is 0.241 e. The highest BCUT2D eigenvalue weighted by Crippen LogP contribution is 2.35. The molecule has 0 radical (unpaired) electrons. The molecule has 0 saturated carbocycles. The highest BCUT2D eigenvalue weighted by atomic mass is 16.5. The molecule has 4 heteroatoms. The van der Waals surface area contributed by atoms with Crippen molar-refractivity contribution >= 4 is 5.91 Å². The maximum absolute atomic E-state index is 12.8. The predicted octanol–water partition coefficient (Wildman–Crippen LogP) is 3.06. The molecule has 3 unspecified atom stereocenters. The summed E-state index contributed by atoms with van der Waals surface area (Å²) in [5.41, 5.74) is -0.0235. The van der Waals surface area contributed by atoms with E-state index in [1.165, 1.54) is 0 Å². The van der Waals surface area contributed by atoms with Gasteiger partial charge in [0.1, 0.15) is 0 Å². The van der Waals surface area contributed by atoms with Crippen molar-refractivity contribution in [2.24, 2.45) is 0 Å². The van der Waals surface area contributed by atoms with E-state index in [1.54, 1.807) is 0 Å². The molecule has 0 spiro atoms. The number of ether oxygens (including phenoxy) is 1. The summed E-state index contributed by atoms with van der Waals surface area (Å²) < 4.78 is 6.07. The van der Waals surface area contributed by atoms with Gasteiger partial charge >= 0.3 is 0 Å². The fourth-order valence-corrected chi connectivity index (χ4v) is 3.94. The van der Waals surface area contributed by atoms with Gasteiger partial charge in [-0.15, -0.1) is 0 Å². The summed E-state index contributed by atoms with van der Waals surface area (Å²) in [6, 6.07) is 0.367. The largest absolute Gasteiger partial charge is 0.375 e. The number of hydrogen-bond donors (Lipinski definition) is 1. The molecule has 1 N–H and O–H groups in total. The lowest BCUT2D eigenvalue weighted by atomic mass is 9.85. The van der Waals surface area contributed by atoms with Crippen molar-refractivity contribution in [1.29, 1.82) is 0 Å². The van der Waals surface area contributed by atoms with E-state index in [0.29, 0.717) is 11.9 Å². The first-order valence-electron chi connectivity index (χ1n) is 8.83. The van der Waals surface area contributed by atoms with Crippen molar-refractivity contribution in [3.8, 4) is 0 Å². The number of carbonyl (C=O) groups excluding carboxylic acids is 1. The van der Waals surface area contributed by atoms with Crippen molar-refractivity contribution in [1.82, 2.24) is 10.2 Å². The Morgan fingerprint density at radius 2 is 2.00 bits per heavy atom. The van der Waals surface area contributed by atoms with Crippen molar-refractivity contribution in [2.75, 3.05) is 6.61 Å². The van der Waals surface area contributed by atoms with E-state index in [4.69, 9.17) is 4.74 Å². The van der Waals surface area contributed by atoms with Crippen LogP contribution in [0.15, 0.2) is 0 Å². The molecule has 2 heterocycles. The minimum atomic E-state index is -0.0235. The quantitative estimate of drug-likeness (QED) is 0.819. The zero-order valence-electron chi connectivity index (χ0n) is 14.2. The molecule has 0 aliphatic carbocycles. The summed E-state index contributed by atoms with van der Waals surface area (Å²) in [5, 5.41) is 3.54. The van der Waals surface area contributed by atoms with Crippen LogP contribution in [-0.4, -0.2) is 41.3 Å². The van der Waals surface area contributed by atoms with Crippen LogP contribution in [0.4, 0.5) is 0 Å². The van der Waals surface area contributed by atoms with Crippen molar-refractivity contribution in [3.63, 3.8) is 0 Å². The number of amides is 1. The highest BCUT2D eigenvalue weighted by molar-refractivity contribution is 5.84. The first-order valence-corrected chi connectivity index (χ1v) is 8.83. The van der Waals surface area contributed by atoms with Crippen LogP contribution < -0.4 is 5.32 Å². The Morgan fingerprint density at radius 1 is 1.29 bits per heavy atom. The third-order valence-corrected chi connectivity index (χ3v) is 5.40. The van der Waals surface area contributed by atoms with Crippen LogP contribution in [0.25, 0.3) is 0 Å². The second-order valence-electron chi connectivity index (χ2n) is 6.56. The standard InChI is InChI=1S/C17H32N2O2/c1-5-9-14-16(20)19(15(6-2)18-14)13-10-11-21-17(7-3,8-4)12-13/h13-15,18H,5-12H2,1-4H3. The van der Waals surface area contributed by atoms with Gasteiger partial charge in [-0.25, -0.2) is 0 Å². The Morgan fingerprint density at radius 3 is 2.57 bits per heavy atom. The maximum atomic E-state index is 12.8. The minimum absolute atomic E-state index is 0.0235. The van der Waals surface area contributed by atoms with Crippen LogP contribution in [-0.2, 0) is 9.53 Å². The van der Waals surface area contributed by atoms with E-state index in [2.05, 4.69) is 37.9 Å². The molecule has 2 rings (SSSR count). The van der Waals surface area contributed by atoms with Crippen LogP contribution in [0.1, 0.15) is 72.6 Å². The van der Waals surface area contributed by atoms with Gasteiger partial charge < -0.3 is 9.64 Å². The second kappa shape index (κ2) is 7.10. The molecular formula is C17H32N2O2. The number of rotatable bonds is 6. The molecular weight excluding hydrogens is 264 g/mol. The van der Waals surface area contributed by atoms with Crippen LogP contribution in [0.5, 0.6) is 0 Å². The molecule has 0 aromatic heterocycles. The number of nitrogens with one attached hydrogen (secondary N) is 1. The molecule has 1 amide bonds. The van der Waals surface area contributed by atoms with Crippen LogP contribution >= 0.6 is 0 Å². The van der Waals surface area contributed by atoms with Gasteiger partial charge in [-0.1, -0.05) is 34.1 Å². The van der Waals surface area contributed by atoms with E-state index in [0.717, 1.165) is 51.6 Å². The Hall–Kier alpha value is -0.610. The predicted molar refractivity (Wildman–Crippen MR) is 85.0 cm³/mol. The topological polar surface area (TPSA) is 41.6 Å². The van der Waals surface area contributed by atoms with Gasteiger partial charge in [0, 0.05) is 12.6 Å². The Bertz CT molecular complexity index is 355. The monoisotopic (exact) mass is 296 g/mol. The first-order chi connectivity index (χ1) is 10.1. The van der Waals surface area contributed by atoms with Gasteiger partial charge in [0.15, 0.2) is 0 Å². The molecule has 2 aliphatic heterocycles. The van der Waals surface area contributed by atoms with Crippen LogP contribution in [0.2, 0.25) is 0 Å². The summed E-state index contributed by atoms with van der Waals surface area (Å²) >= 11 is 0. The van der Waals surface area contributed by atoms with E-state index < -0.39 is 0 Å². The minimum Gasteiger partial charge on any atom is -0.375 e. The molecule has 3 atom stereocenters. The fourth-order valence-electron chi connectivity index (χ4n) is 3.94. The Labute approximate surface area is 129 Å². The Kier molecular flexibility index (Phi) is 5.67. The molecule has 0 aromatic carbocycles. The van der Waals surface area contributed by atoms with Gasteiger partial charge in [0.2, 0.25) is 5.91 Å². The molecule has 2 saturated heterocycles. The van der Waals surface area contributed by atoms with Crippen molar-refractivity contribution < 1.29 is 9.53 Å². The molecule has 122 valence electrons. The molecule has 0 bridgehead atoms. The number of nitrogens with zero attached hydrogens (tertiary/aromatic N) is 1. The molecule has 0 aromatic rings. The van der Waals surface area contributed by atoms with E-state index in [-0.39, 0.29) is 17.8 Å². The summed E-state index contributed by atoms with van der Waals surface area (Å²) in [5.74, 6) is 0.316. The van der Waals surface area contributed by atoms with Gasteiger partial charge in [-0.3, -0.25) is 10.1 Å². The highest BCUT2D eigenvalue weighted by Gasteiger charge is 2.45. The number of carbonyl (C=O) groups is 1. The summed E-state index contributed by atoms with van der Waals surface area (Å²) in [4.78, 5) is 14.9. The molecule has 2 aliphatic rings. The van der Waals surface area contributed by atoms with Crippen molar-refractivity contribution in [2.45, 2.75) is 96.5 Å². The Balaban J connectivity index is 2.13. The summed E-state index contributed by atoms with van der Waals surface area (Å²) in [7, 11) is 0. The van der Waals surface area contributed by atoms with Gasteiger partial charge in [0.25, 0.3) is 0 Å². The lowest BCUT2D eigenvalue weighted by Gasteiger charge is -2.44. The lowest BCUT2D eigenvalue weighted by molar-refractivity contribution is -0.143.